The molecule has 2 rings (SSSR count). The van der Waals surface area contributed by atoms with E-state index >= 15 is 0 Å². The predicted molar refractivity (Wildman–Crippen MR) is 84.3 cm³/mol. The average Bonchev–Trinajstić information content (AvgIpc) is 3.02. The number of hydrogen-bond donors (Lipinski definition) is 0. The molecule has 5 nitrogen and oxygen atoms in total. The summed E-state index contributed by atoms with van der Waals surface area (Å²) in [6.45, 7) is 1.86. The van der Waals surface area contributed by atoms with Gasteiger partial charge in [0.05, 0.1) is 19.2 Å². The third kappa shape index (κ3) is 4.96. The van der Waals surface area contributed by atoms with E-state index in [9.17, 15) is 18.8 Å². The number of carbonyl (C=O) groups is 1. The fraction of sp³-hybridized carbons (Fsp3) is 0.600. The van der Waals surface area contributed by atoms with Gasteiger partial charge in [0, 0.05) is 31.1 Å². The number of piperazine rings is 1. The molecule has 23 heavy (non-hydrogen) atoms. The summed E-state index contributed by atoms with van der Waals surface area (Å²) in [5, 5.41) is 11.3. The Morgan fingerprint density at radius 1 is 1.43 bits per heavy atom. The van der Waals surface area contributed by atoms with E-state index in [0.29, 0.717) is 26.2 Å². The van der Waals surface area contributed by atoms with E-state index in [0.717, 1.165) is 4.88 Å². The molecule has 1 fully saturated rings. The molecule has 0 aliphatic carbocycles. The van der Waals surface area contributed by atoms with Crippen molar-refractivity contribution in [3.05, 3.63) is 22.4 Å². The molecule has 1 aromatic rings. The SMILES string of the molecule is CN(CC(=O)N1CCN([C@@H](C#N)c2cccs2)CC1)CC(F)F. The number of rotatable bonds is 6. The Bertz CT molecular complexity index is 538. The Kier molecular flexibility index (Phi) is 6.45. The zero-order valence-corrected chi connectivity index (χ0v) is 13.8. The summed E-state index contributed by atoms with van der Waals surface area (Å²) < 4.78 is 24.6. The summed E-state index contributed by atoms with van der Waals surface area (Å²) in [4.78, 5) is 18.2. The van der Waals surface area contributed by atoms with Crippen molar-refractivity contribution < 1.29 is 13.6 Å². The van der Waals surface area contributed by atoms with Crippen LogP contribution in [0.3, 0.4) is 0 Å². The molecule has 0 N–H and O–H groups in total. The van der Waals surface area contributed by atoms with Gasteiger partial charge in [-0.3, -0.25) is 14.6 Å². The molecule has 8 heteroatoms. The molecule has 0 aromatic carbocycles. The van der Waals surface area contributed by atoms with Gasteiger partial charge in [0.2, 0.25) is 5.91 Å². The minimum absolute atomic E-state index is 0.00303. The Labute approximate surface area is 138 Å². The van der Waals surface area contributed by atoms with Crippen LogP contribution in [0.5, 0.6) is 0 Å². The maximum absolute atomic E-state index is 12.3. The highest BCUT2D eigenvalue weighted by molar-refractivity contribution is 7.10. The van der Waals surface area contributed by atoms with Crippen molar-refractivity contribution in [3.63, 3.8) is 0 Å². The molecule has 0 unspecified atom stereocenters. The van der Waals surface area contributed by atoms with Gasteiger partial charge in [-0.2, -0.15) is 5.26 Å². The topological polar surface area (TPSA) is 50.6 Å². The third-order valence-electron chi connectivity index (χ3n) is 3.82. The quantitative estimate of drug-likeness (QED) is 0.789. The van der Waals surface area contributed by atoms with Crippen LogP contribution in [0.4, 0.5) is 8.78 Å². The van der Waals surface area contributed by atoms with Crippen LogP contribution < -0.4 is 0 Å². The van der Waals surface area contributed by atoms with Gasteiger partial charge in [0.25, 0.3) is 6.43 Å². The zero-order valence-electron chi connectivity index (χ0n) is 13.0. The van der Waals surface area contributed by atoms with Crippen LogP contribution in [0.15, 0.2) is 17.5 Å². The first kappa shape index (κ1) is 17.8. The second-order valence-corrected chi connectivity index (χ2v) is 6.53. The summed E-state index contributed by atoms with van der Waals surface area (Å²) in [6, 6.07) is 5.89. The first-order valence-corrected chi connectivity index (χ1v) is 8.30. The van der Waals surface area contributed by atoms with E-state index in [2.05, 4.69) is 11.0 Å². The summed E-state index contributed by atoms with van der Waals surface area (Å²) >= 11 is 1.55. The monoisotopic (exact) mass is 342 g/mol. The number of nitriles is 1. The molecular formula is C15H20F2N4OS. The lowest BCUT2D eigenvalue weighted by Gasteiger charge is -2.37. The number of alkyl halides is 2. The fourth-order valence-electron chi connectivity index (χ4n) is 2.63. The van der Waals surface area contributed by atoms with E-state index in [1.165, 1.54) is 11.9 Å². The average molecular weight is 342 g/mol. The fourth-order valence-corrected chi connectivity index (χ4v) is 3.43. The number of halogens is 2. The van der Waals surface area contributed by atoms with Crippen LogP contribution in [0.25, 0.3) is 0 Å². The minimum atomic E-state index is -2.44. The van der Waals surface area contributed by atoms with Gasteiger partial charge in [0.1, 0.15) is 6.04 Å². The first-order chi connectivity index (χ1) is 11.0. The molecule has 0 spiro atoms. The molecule has 0 saturated carbocycles. The molecule has 1 saturated heterocycles. The number of hydrogen-bond acceptors (Lipinski definition) is 5. The maximum Gasteiger partial charge on any atom is 0.251 e. The van der Waals surface area contributed by atoms with Crippen molar-refractivity contribution in [1.29, 1.82) is 5.26 Å². The lowest BCUT2D eigenvalue weighted by Crippen LogP contribution is -2.51. The van der Waals surface area contributed by atoms with Crippen molar-refractivity contribution in [3.8, 4) is 6.07 Å². The summed E-state index contributed by atoms with van der Waals surface area (Å²) in [7, 11) is 1.52. The van der Waals surface area contributed by atoms with E-state index in [1.807, 2.05) is 17.5 Å². The number of amides is 1. The molecule has 1 aliphatic heterocycles. The minimum Gasteiger partial charge on any atom is -0.339 e. The summed E-state index contributed by atoms with van der Waals surface area (Å²) in [5.74, 6) is -0.141. The van der Waals surface area contributed by atoms with Crippen molar-refractivity contribution in [1.82, 2.24) is 14.7 Å². The van der Waals surface area contributed by atoms with Gasteiger partial charge < -0.3 is 4.90 Å². The molecule has 1 amide bonds. The summed E-state index contributed by atoms with van der Waals surface area (Å²) in [6.07, 6.45) is -2.44. The van der Waals surface area contributed by atoms with Crippen LogP contribution in [0.1, 0.15) is 10.9 Å². The van der Waals surface area contributed by atoms with Gasteiger partial charge >= 0.3 is 0 Å². The lowest BCUT2D eigenvalue weighted by atomic mass is 10.2. The molecule has 1 aliphatic rings. The highest BCUT2D eigenvalue weighted by Crippen LogP contribution is 2.25. The molecule has 1 atom stereocenters. The van der Waals surface area contributed by atoms with E-state index in [4.69, 9.17) is 0 Å². The summed E-state index contributed by atoms with van der Waals surface area (Å²) in [5.41, 5.74) is 0. The normalized spacial score (nSPS) is 17.5. The number of thiophene rings is 1. The van der Waals surface area contributed by atoms with Crippen molar-refractivity contribution >= 4 is 17.2 Å². The third-order valence-corrected chi connectivity index (χ3v) is 4.75. The van der Waals surface area contributed by atoms with Gasteiger partial charge in [-0.05, 0) is 18.5 Å². The number of likely N-dealkylation sites (N-methyl/N-ethyl adjacent to an activating group) is 1. The smallest absolute Gasteiger partial charge is 0.251 e. The Hall–Kier alpha value is -1.56. The van der Waals surface area contributed by atoms with Gasteiger partial charge in [-0.25, -0.2) is 8.78 Å². The predicted octanol–water partition coefficient (Wildman–Crippen LogP) is 1.65. The van der Waals surface area contributed by atoms with Gasteiger partial charge in [0.15, 0.2) is 0 Å². The molecule has 2 heterocycles. The van der Waals surface area contributed by atoms with E-state index in [-0.39, 0.29) is 18.5 Å². The molecule has 0 bridgehead atoms. The van der Waals surface area contributed by atoms with Crippen LogP contribution in [0.2, 0.25) is 0 Å². The molecular weight excluding hydrogens is 322 g/mol. The Morgan fingerprint density at radius 2 is 2.13 bits per heavy atom. The van der Waals surface area contributed by atoms with Crippen LogP contribution >= 0.6 is 11.3 Å². The second-order valence-electron chi connectivity index (χ2n) is 5.55. The Morgan fingerprint density at radius 3 is 2.65 bits per heavy atom. The Balaban J connectivity index is 1.83. The van der Waals surface area contributed by atoms with E-state index in [1.54, 1.807) is 16.2 Å². The number of nitrogens with zero attached hydrogens (tertiary/aromatic N) is 4. The highest BCUT2D eigenvalue weighted by Gasteiger charge is 2.28. The molecule has 0 radical (unpaired) electrons. The lowest BCUT2D eigenvalue weighted by molar-refractivity contribution is -0.134. The maximum atomic E-state index is 12.3. The van der Waals surface area contributed by atoms with Crippen LogP contribution in [0, 0.1) is 11.3 Å². The molecule has 1 aromatic heterocycles. The van der Waals surface area contributed by atoms with Crippen molar-refractivity contribution in [2.24, 2.45) is 0 Å². The van der Waals surface area contributed by atoms with Crippen molar-refractivity contribution in [2.45, 2.75) is 12.5 Å². The standard InChI is InChI=1S/C15H20F2N4OS/c1-19(10-14(16)17)11-15(22)21-6-4-20(5-7-21)12(9-18)13-3-2-8-23-13/h2-3,8,12,14H,4-7,10-11H2,1H3/t12-/m0/s1. The second kappa shape index (κ2) is 8.34. The molecule has 126 valence electrons. The first-order valence-electron chi connectivity index (χ1n) is 7.42. The highest BCUT2D eigenvalue weighted by atomic mass is 32.1. The number of carbonyl (C=O) groups excluding carboxylic acids is 1. The van der Waals surface area contributed by atoms with E-state index < -0.39 is 13.0 Å². The van der Waals surface area contributed by atoms with Crippen molar-refractivity contribution in [2.75, 3.05) is 46.3 Å². The van der Waals surface area contributed by atoms with Gasteiger partial charge in [-0.15, -0.1) is 11.3 Å². The zero-order chi connectivity index (χ0) is 16.8. The van der Waals surface area contributed by atoms with Crippen LogP contribution in [-0.4, -0.2) is 73.3 Å². The van der Waals surface area contributed by atoms with Crippen LogP contribution in [-0.2, 0) is 4.79 Å². The van der Waals surface area contributed by atoms with Gasteiger partial charge in [-0.1, -0.05) is 6.07 Å². The largest absolute Gasteiger partial charge is 0.339 e.